The third-order valence-corrected chi connectivity index (χ3v) is 3.63. The van der Waals surface area contributed by atoms with Crippen LogP contribution >= 0.6 is 0 Å². The highest BCUT2D eigenvalue weighted by molar-refractivity contribution is 5.94. The van der Waals surface area contributed by atoms with Crippen molar-refractivity contribution >= 4 is 22.5 Å². The summed E-state index contributed by atoms with van der Waals surface area (Å²) >= 11 is 0. The molecule has 4 heteroatoms. The zero-order chi connectivity index (χ0) is 15.6. The number of hydrogen-bond acceptors (Lipinski definition) is 2. The van der Waals surface area contributed by atoms with Crippen molar-refractivity contribution in [3.63, 3.8) is 0 Å². The Balaban J connectivity index is 2.39. The van der Waals surface area contributed by atoms with E-state index in [9.17, 15) is 9.59 Å². The first-order valence-electron chi connectivity index (χ1n) is 7.37. The van der Waals surface area contributed by atoms with E-state index in [4.69, 9.17) is 0 Å². The van der Waals surface area contributed by atoms with E-state index in [1.807, 2.05) is 45.9 Å². The number of nitrogens with one attached hydrogen (secondary N) is 2. The minimum absolute atomic E-state index is 0.00593. The van der Waals surface area contributed by atoms with Gasteiger partial charge in [0.15, 0.2) is 0 Å². The van der Waals surface area contributed by atoms with Crippen molar-refractivity contribution in [3.05, 3.63) is 39.7 Å². The molecular weight excluding hydrogens is 264 g/mol. The molecule has 2 aromatic rings. The molecule has 1 aromatic carbocycles. The molecule has 0 aliphatic carbocycles. The van der Waals surface area contributed by atoms with Gasteiger partial charge in [0.05, 0.1) is 5.52 Å². The van der Waals surface area contributed by atoms with Gasteiger partial charge in [-0.15, -0.1) is 0 Å². The van der Waals surface area contributed by atoms with Crippen molar-refractivity contribution in [2.75, 3.05) is 5.32 Å². The molecule has 0 spiro atoms. The molecule has 1 amide bonds. The number of aryl methyl sites for hydroxylation is 1. The Hall–Kier alpha value is -2.10. The molecule has 1 heterocycles. The van der Waals surface area contributed by atoms with Crippen LogP contribution in [0.1, 0.15) is 38.3 Å². The van der Waals surface area contributed by atoms with Crippen molar-refractivity contribution in [2.45, 2.75) is 40.5 Å². The maximum Gasteiger partial charge on any atom is 0.251 e. The average Bonchev–Trinajstić information content (AvgIpc) is 2.37. The van der Waals surface area contributed by atoms with Gasteiger partial charge in [0.25, 0.3) is 5.56 Å². The van der Waals surface area contributed by atoms with Gasteiger partial charge in [0.1, 0.15) is 0 Å². The van der Waals surface area contributed by atoms with Crippen LogP contribution < -0.4 is 10.9 Å². The van der Waals surface area contributed by atoms with Crippen molar-refractivity contribution in [1.29, 1.82) is 0 Å². The number of pyridine rings is 1. The summed E-state index contributed by atoms with van der Waals surface area (Å²) in [6, 6.07) is 5.65. The second-order valence-electron chi connectivity index (χ2n) is 5.82. The smallest absolute Gasteiger partial charge is 0.251 e. The number of benzene rings is 1. The molecule has 0 fully saturated rings. The molecule has 0 atom stereocenters. The summed E-state index contributed by atoms with van der Waals surface area (Å²) in [4.78, 5) is 26.7. The van der Waals surface area contributed by atoms with Gasteiger partial charge in [-0.3, -0.25) is 9.59 Å². The predicted molar refractivity (Wildman–Crippen MR) is 86.8 cm³/mol. The molecule has 4 nitrogen and oxygen atoms in total. The van der Waals surface area contributed by atoms with Crippen LogP contribution in [0.2, 0.25) is 0 Å². The fourth-order valence-electron chi connectivity index (χ4n) is 2.59. The van der Waals surface area contributed by atoms with Gasteiger partial charge >= 0.3 is 0 Å². The Morgan fingerprint density at radius 2 is 2.05 bits per heavy atom. The van der Waals surface area contributed by atoms with Gasteiger partial charge < -0.3 is 10.3 Å². The van der Waals surface area contributed by atoms with Crippen LogP contribution in [0.5, 0.6) is 0 Å². The van der Waals surface area contributed by atoms with Crippen LogP contribution in [0.4, 0.5) is 5.69 Å². The predicted octanol–water partition coefficient (Wildman–Crippen LogP) is 3.38. The summed E-state index contributed by atoms with van der Waals surface area (Å²) in [5, 5.41) is 3.89. The molecule has 0 aliphatic rings. The molecule has 0 radical (unpaired) electrons. The summed E-state index contributed by atoms with van der Waals surface area (Å²) in [5.74, 6) is 0.313. The molecule has 0 saturated carbocycles. The Morgan fingerprint density at radius 3 is 2.67 bits per heavy atom. The zero-order valence-corrected chi connectivity index (χ0v) is 13.0. The van der Waals surface area contributed by atoms with E-state index >= 15 is 0 Å². The van der Waals surface area contributed by atoms with E-state index in [1.165, 1.54) is 0 Å². The average molecular weight is 286 g/mol. The highest BCUT2D eigenvalue weighted by Gasteiger charge is 2.09. The van der Waals surface area contributed by atoms with Gasteiger partial charge in [0.2, 0.25) is 5.91 Å². The van der Waals surface area contributed by atoms with Gasteiger partial charge in [-0.2, -0.15) is 0 Å². The Bertz CT molecular complexity index is 729. The first-order chi connectivity index (χ1) is 9.92. The normalized spacial score (nSPS) is 11.1. The van der Waals surface area contributed by atoms with Crippen molar-refractivity contribution in [3.8, 4) is 0 Å². The molecule has 2 rings (SSSR count). The van der Waals surface area contributed by atoms with E-state index in [1.54, 1.807) is 0 Å². The largest absolute Gasteiger partial charge is 0.326 e. The molecule has 2 N–H and O–H groups in total. The van der Waals surface area contributed by atoms with Crippen LogP contribution in [0, 0.1) is 12.8 Å². The standard InChI is InChI=1S/C17H22N2O2/c1-5-13-11(4)14-7-6-12(9-15(14)19-17(13)21)18-16(20)8-10(2)3/h6-7,9-10H,5,8H2,1-4H3,(H,18,20)(H,19,21). The SMILES string of the molecule is CCc1c(C)c2ccc(NC(=O)CC(C)C)cc2[nH]c1=O. The Morgan fingerprint density at radius 1 is 1.33 bits per heavy atom. The maximum absolute atomic E-state index is 12.0. The quantitative estimate of drug-likeness (QED) is 0.905. The summed E-state index contributed by atoms with van der Waals surface area (Å²) < 4.78 is 0. The fraction of sp³-hybridized carbons (Fsp3) is 0.412. The van der Waals surface area contributed by atoms with Gasteiger partial charge in [-0.25, -0.2) is 0 Å². The van der Waals surface area contributed by atoms with Crippen molar-refractivity contribution in [1.82, 2.24) is 4.98 Å². The number of anilines is 1. The number of H-pyrrole nitrogens is 1. The first-order valence-corrected chi connectivity index (χ1v) is 7.37. The monoisotopic (exact) mass is 286 g/mol. The summed E-state index contributed by atoms with van der Waals surface area (Å²) in [6.45, 7) is 7.96. The summed E-state index contributed by atoms with van der Waals surface area (Å²) in [7, 11) is 0. The van der Waals surface area contributed by atoms with E-state index in [0.717, 1.165) is 22.0 Å². The van der Waals surface area contributed by atoms with Gasteiger partial charge in [0, 0.05) is 23.1 Å². The fourth-order valence-corrected chi connectivity index (χ4v) is 2.59. The second kappa shape index (κ2) is 6.12. The Kier molecular flexibility index (Phi) is 4.46. The third-order valence-electron chi connectivity index (χ3n) is 3.63. The number of carbonyl (C=O) groups is 1. The number of aromatic nitrogens is 1. The van der Waals surface area contributed by atoms with Crippen LogP contribution in [0.3, 0.4) is 0 Å². The minimum atomic E-state index is -0.0480. The van der Waals surface area contributed by atoms with Crippen LogP contribution in [0.25, 0.3) is 10.9 Å². The lowest BCUT2D eigenvalue weighted by Crippen LogP contribution is -2.15. The zero-order valence-electron chi connectivity index (χ0n) is 13.0. The Labute approximate surface area is 124 Å². The van der Waals surface area contributed by atoms with Gasteiger partial charge in [-0.05, 0) is 37.0 Å². The molecule has 0 saturated heterocycles. The lowest BCUT2D eigenvalue weighted by atomic mass is 10.0. The second-order valence-corrected chi connectivity index (χ2v) is 5.82. The van der Waals surface area contributed by atoms with Crippen molar-refractivity contribution in [2.24, 2.45) is 5.92 Å². The summed E-state index contributed by atoms with van der Waals surface area (Å²) in [5.41, 5.74) is 3.26. The van der Waals surface area contributed by atoms with E-state index in [2.05, 4.69) is 10.3 Å². The molecule has 21 heavy (non-hydrogen) atoms. The third kappa shape index (κ3) is 3.32. The van der Waals surface area contributed by atoms with E-state index in [0.29, 0.717) is 24.4 Å². The van der Waals surface area contributed by atoms with Crippen LogP contribution in [-0.2, 0) is 11.2 Å². The molecule has 112 valence electrons. The van der Waals surface area contributed by atoms with E-state index in [-0.39, 0.29) is 11.5 Å². The highest BCUT2D eigenvalue weighted by atomic mass is 16.1. The van der Waals surface area contributed by atoms with Crippen LogP contribution in [0.15, 0.2) is 23.0 Å². The highest BCUT2D eigenvalue weighted by Crippen LogP contribution is 2.21. The number of rotatable bonds is 4. The van der Waals surface area contributed by atoms with E-state index < -0.39 is 0 Å². The topological polar surface area (TPSA) is 62.0 Å². The summed E-state index contributed by atoms with van der Waals surface area (Å²) in [6.07, 6.45) is 1.20. The molecule has 1 aromatic heterocycles. The van der Waals surface area contributed by atoms with Gasteiger partial charge in [-0.1, -0.05) is 26.8 Å². The number of fused-ring (bicyclic) bond motifs is 1. The molecule has 0 bridgehead atoms. The molecular formula is C17H22N2O2. The van der Waals surface area contributed by atoms with Crippen molar-refractivity contribution < 1.29 is 4.79 Å². The minimum Gasteiger partial charge on any atom is -0.326 e. The van der Waals surface area contributed by atoms with Crippen LogP contribution in [-0.4, -0.2) is 10.9 Å². The first kappa shape index (κ1) is 15.3. The molecule has 0 aliphatic heterocycles. The maximum atomic E-state index is 12.0. The lowest BCUT2D eigenvalue weighted by Gasteiger charge is -2.10. The number of hydrogen-bond donors (Lipinski definition) is 2. The number of aromatic amines is 1. The lowest BCUT2D eigenvalue weighted by molar-refractivity contribution is -0.116. The number of carbonyl (C=O) groups excluding carboxylic acids is 1. The number of amides is 1. The molecule has 0 unspecified atom stereocenters.